The van der Waals surface area contributed by atoms with E-state index >= 15 is 0 Å². The minimum absolute atomic E-state index is 0.149. The Hall–Kier alpha value is -4.08. The molecule has 2 aliphatic heterocycles. The summed E-state index contributed by atoms with van der Waals surface area (Å²) in [7, 11) is 3.36. The van der Waals surface area contributed by atoms with Crippen LogP contribution in [0.3, 0.4) is 0 Å². The summed E-state index contributed by atoms with van der Waals surface area (Å²) in [6.07, 6.45) is 3.79. The van der Waals surface area contributed by atoms with Gasteiger partial charge in [-0.05, 0) is 23.3 Å². The lowest BCUT2D eigenvalue weighted by Crippen LogP contribution is -2.31. The second kappa shape index (κ2) is 9.82. The van der Waals surface area contributed by atoms with E-state index in [-0.39, 0.29) is 11.8 Å². The lowest BCUT2D eigenvalue weighted by molar-refractivity contribution is 0.393. The van der Waals surface area contributed by atoms with Gasteiger partial charge in [-0.3, -0.25) is 0 Å². The van der Waals surface area contributed by atoms with Crippen LogP contribution in [0.5, 0.6) is 11.5 Å². The number of benzene rings is 2. The maximum absolute atomic E-state index is 5.81. The molecule has 4 N–H and O–H groups in total. The van der Waals surface area contributed by atoms with E-state index in [9.17, 15) is 0 Å². The normalized spacial score (nSPS) is 20.8. The molecule has 0 amide bonds. The minimum atomic E-state index is -0.149. The van der Waals surface area contributed by atoms with Crippen molar-refractivity contribution in [2.75, 3.05) is 40.4 Å². The molecule has 2 unspecified atom stereocenters. The van der Waals surface area contributed by atoms with Gasteiger partial charge in [-0.2, -0.15) is 10.2 Å². The zero-order valence-electron chi connectivity index (χ0n) is 19.2. The number of ether oxygens (including phenoxy) is 2. The summed E-state index contributed by atoms with van der Waals surface area (Å²) in [5.74, 6) is 2.60. The zero-order valence-corrected chi connectivity index (χ0v) is 19.2. The first-order chi connectivity index (χ1) is 16.8. The second-order valence-electron chi connectivity index (χ2n) is 7.98. The molecule has 2 aromatic rings. The first kappa shape index (κ1) is 21.7. The molecule has 0 fully saturated rings. The second-order valence-corrected chi connectivity index (χ2v) is 7.98. The number of methoxy groups -OCH3 is 2. The van der Waals surface area contributed by atoms with Crippen LogP contribution in [0.25, 0.3) is 0 Å². The van der Waals surface area contributed by atoms with E-state index in [0.717, 1.165) is 59.9 Å². The van der Waals surface area contributed by atoms with Crippen molar-refractivity contribution < 1.29 is 9.47 Å². The van der Waals surface area contributed by atoms with Gasteiger partial charge in [-0.15, -0.1) is 0 Å². The molecule has 2 aromatic carbocycles. The van der Waals surface area contributed by atoms with Crippen LogP contribution in [0.15, 0.2) is 56.6 Å². The van der Waals surface area contributed by atoms with Crippen LogP contribution in [0, 0.1) is 0 Å². The molecule has 176 valence electrons. The molecule has 34 heavy (non-hydrogen) atoms. The third kappa shape index (κ3) is 4.14. The Kier molecular flexibility index (Phi) is 6.28. The fraction of sp³-hybridized carbons (Fsp3) is 0.333. The predicted octanol–water partition coefficient (Wildman–Crippen LogP) is 1.35. The highest BCUT2D eigenvalue weighted by molar-refractivity contribution is 5.88. The van der Waals surface area contributed by atoms with Crippen LogP contribution in [-0.2, 0) is 0 Å². The average Bonchev–Trinajstić information content (AvgIpc) is 3.59. The van der Waals surface area contributed by atoms with Gasteiger partial charge in [-0.25, -0.2) is 20.8 Å². The van der Waals surface area contributed by atoms with Crippen molar-refractivity contribution in [3.05, 3.63) is 58.7 Å². The Balaban J connectivity index is 1.58. The predicted molar refractivity (Wildman–Crippen MR) is 134 cm³/mol. The topological polar surface area (TPSA) is 116 Å². The van der Waals surface area contributed by atoms with Gasteiger partial charge in [0.15, 0.2) is 0 Å². The number of nitrogens with one attached hydrogen (secondary N) is 4. The molecule has 2 atom stereocenters. The lowest BCUT2D eigenvalue weighted by Gasteiger charge is -2.33. The monoisotopic (exact) mass is 460 g/mol. The van der Waals surface area contributed by atoms with Crippen molar-refractivity contribution >= 4 is 24.3 Å². The highest BCUT2D eigenvalue weighted by Gasteiger charge is 2.35. The van der Waals surface area contributed by atoms with Crippen molar-refractivity contribution in [2.24, 2.45) is 20.2 Å². The van der Waals surface area contributed by atoms with Crippen LogP contribution in [0.2, 0.25) is 0 Å². The molecule has 3 aliphatic rings. The number of hydrazone groups is 2. The summed E-state index contributed by atoms with van der Waals surface area (Å²) in [4.78, 5) is 8.69. The molecule has 10 heteroatoms. The van der Waals surface area contributed by atoms with Crippen LogP contribution < -0.4 is 31.0 Å². The van der Waals surface area contributed by atoms with Crippen molar-refractivity contribution in [3.8, 4) is 11.5 Å². The van der Waals surface area contributed by atoms with Crippen molar-refractivity contribution in [1.82, 2.24) is 21.5 Å². The fourth-order valence-electron chi connectivity index (χ4n) is 4.58. The van der Waals surface area contributed by atoms with Crippen LogP contribution in [0.4, 0.5) is 0 Å². The van der Waals surface area contributed by atoms with Crippen molar-refractivity contribution in [2.45, 2.75) is 11.8 Å². The quantitative estimate of drug-likeness (QED) is 0.382. The number of hydrogen-bond acceptors (Lipinski definition) is 10. The van der Waals surface area contributed by atoms with E-state index in [1.807, 2.05) is 36.7 Å². The third-order valence-corrected chi connectivity index (χ3v) is 6.07. The van der Waals surface area contributed by atoms with E-state index in [4.69, 9.17) is 9.47 Å². The average molecular weight is 461 g/mol. The first-order valence-electron chi connectivity index (χ1n) is 11.3. The SMILES string of the molecule is COc1ccc(OC)c2c1C(/C=N/NC1=NCCN1)c1ccccc1C2/C=N/NC1=NCCN1. The van der Waals surface area contributed by atoms with Gasteiger partial charge < -0.3 is 20.1 Å². The maximum Gasteiger partial charge on any atom is 0.212 e. The summed E-state index contributed by atoms with van der Waals surface area (Å²) >= 11 is 0. The van der Waals surface area contributed by atoms with E-state index < -0.39 is 0 Å². The highest BCUT2D eigenvalue weighted by Crippen LogP contribution is 2.49. The number of guanidine groups is 2. The molecule has 0 spiro atoms. The van der Waals surface area contributed by atoms with Crippen molar-refractivity contribution in [1.29, 1.82) is 0 Å². The molecule has 0 aromatic heterocycles. The van der Waals surface area contributed by atoms with Crippen LogP contribution >= 0.6 is 0 Å². The van der Waals surface area contributed by atoms with Gasteiger partial charge in [0.2, 0.25) is 11.9 Å². The number of hydrogen-bond donors (Lipinski definition) is 4. The molecule has 0 bridgehead atoms. The van der Waals surface area contributed by atoms with Gasteiger partial charge in [0, 0.05) is 36.6 Å². The van der Waals surface area contributed by atoms with E-state index in [2.05, 4.69) is 53.8 Å². The first-order valence-corrected chi connectivity index (χ1v) is 11.3. The smallest absolute Gasteiger partial charge is 0.212 e. The molecular weight excluding hydrogens is 432 g/mol. The molecule has 0 radical (unpaired) electrons. The molecule has 1 aliphatic carbocycles. The van der Waals surface area contributed by atoms with Crippen molar-refractivity contribution in [3.63, 3.8) is 0 Å². The Labute approximate surface area is 198 Å². The summed E-state index contributed by atoms with van der Waals surface area (Å²) in [5.41, 5.74) is 10.3. The van der Waals surface area contributed by atoms with E-state index in [0.29, 0.717) is 11.9 Å². The fourth-order valence-corrected chi connectivity index (χ4v) is 4.58. The van der Waals surface area contributed by atoms with Gasteiger partial charge >= 0.3 is 0 Å². The zero-order chi connectivity index (χ0) is 23.3. The number of rotatable bonds is 6. The third-order valence-electron chi connectivity index (χ3n) is 6.07. The Morgan fingerprint density at radius 3 is 1.65 bits per heavy atom. The Morgan fingerprint density at radius 2 is 1.26 bits per heavy atom. The number of fused-ring (bicyclic) bond motifs is 2. The maximum atomic E-state index is 5.81. The van der Waals surface area contributed by atoms with Gasteiger partial charge in [0.05, 0.1) is 39.1 Å². The summed E-state index contributed by atoms with van der Waals surface area (Å²) in [5, 5.41) is 15.4. The summed E-state index contributed by atoms with van der Waals surface area (Å²) in [6.45, 7) is 3.12. The summed E-state index contributed by atoms with van der Waals surface area (Å²) < 4.78 is 11.6. The molecule has 0 saturated carbocycles. The number of nitrogens with zero attached hydrogens (tertiary/aromatic N) is 4. The van der Waals surface area contributed by atoms with E-state index in [1.165, 1.54) is 0 Å². The van der Waals surface area contributed by atoms with Gasteiger partial charge in [0.1, 0.15) is 11.5 Å². The molecule has 10 nitrogen and oxygen atoms in total. The van der Waals surface area contributed by atoms with E-state index in [1.54, 1.807) is 14.2 Å². The van der Waals surface area contributed by atoms with Gasteiger partial charge in [-0.1, -0.05) is 24.3 Å². The Bertz CT molecular complexity index is 1080. The highest BCUT2D eigenvalue weighted by atomic mass is 16.5. The van der Waals surface area contributed by atoms with Crippen LogP contribution in [0.1, 0.15) is 34.1 Å². The minimum Gasteiger partial charge on any atom is -0.496 e. The molecule has 5 rings (SSSR count). The van der Waals surface area contributed by atoms with Gasteiger partial charge in [0.25, 0.3) is 0 Å². The van der Waals surface area contributed by atoms with Crippen LogP contribution in [-0.4, -0.2) is 64.7 Å². The largest absolute Gasteiger partial charge is 0.496 e. The molecule has 2 heterocycles. The number of aliphatic imine (C=N–C) groups is 2. The lowest BCUT2D eigenvalue weighted by atomic mass is 9.72. The standard InChI is InChI=1S/C24H28N8O2/c1-33-19-7-8-20(34-2)22-18(14-30-32-24-27-11-12-28-24)16-6-4-3-5-15(16)17(21(19)22)13-29-31-23-25-9-10-26-23/h3-8,13-14,17-18H,9-12H2,1-2H3,(H2,25,26,31)(H2,27,28,32)/b29-13+,30-14+. The molecular formula is C24H28N8O2. The summed E-state index contributed by atoms with van der Waals surface area (Å²) in [6, 6.07) is 12.2. The Morgan fingerprint density at radius 1 is 0.794 bits per heavy atom. The molecule has 0 saturated heterocycles.